The lowest BCUT2D eigenvalue weighted by atomic mass is 10.1. The van der Waals surface area contributed by atoms with Crippen LogP contribution in [0.5, 0.6) is 0 Å². The number of rotatable bonds is 3. The average Bonchev–Trinajstić information content (AvgIpc) is 2.87. The Labute approximate surface area is 123 Å². The van der Waals surface area contributed by atoms with Crippen LogP contribution in [0.15, 0.2) is 30.3 Å². The zero-order chi connectivity index (χ0) is 14.6. The van der Waals surface area contributed by atoms with E-state index < -0.39 is 8.07 Å². The Morgan fingerprint density at radius 2 is 2.00 bits per heavy atom. The van der Waals surface area contributed by atoms with E-state index in [1.54, 1.807) is 0 Å². The second-order valence-electron chi connectivity index (χ2n) is 6.55. The van der Waals surface area contributed by atoms with E-state index in [4.69, 9.17) is 0 Å². The molecule has 0 aliphatic carbocycles. The van der Waals surface area contributed by atoms with Crippen LogP contribution < -0.4 is 0 Å². The maximum Gasteiger partial charge on any atom is 0.129 e. The number of benzene rings is 1. The zero-order valence-electron chi connectivity index (χ0n) is 12.8. The van der Waals surface area contributed by atoms with Crippen LogP contribution in [0.25, 0.3) is 0 Å². The highest BCUT2D eigenvalue weighted by Gasteiger charge is 2.30. The minimum atomic E-state index is -1.39. The lowest BCUT2D eigenvalue weighted by Gasteiger charge is -2.29. The van der Waals surface area contributed by atoms with Gasteiger partial charge in [-0.2, -0.15) is 0 Å². The fraction of sp³-hybridized carbons (Fsp3) is 0.529. The monoisotopic (exact) mass is 287 g/mol. The molecule has 0 amide bonds. The van der Waals surface area contributed by atoms with Gasteiger partial charge in [0.1, 0.15) is 8.07 Å². The van der Waals surface area contributed by atoms with Gasteiger partial charge in [-0.25, -0.2) is 0 Å². The number of nitrogens with zero attached hydrogens (tertiary/aromatic N) is 1. The summed E-state index contributed by atoms with van der Waals surface area (Å²) in [6, 6.07) is 10.9. The third kappa shape index (κ3) is 3.96. The number of likely N-dealkylation sites (tertiary alicyclic amines) is 1. The van der Waals surface area contributed by atoms with Gasteiger partial charge in [0.2, 0.25) is 0 Å². The van der Waals surface area contributed by atoms with Gasteiger partial charge in [-0.15, -0.1) is 5.54 Å². The Morgan fingerprint density at radius 1 is 1.30 bits per heavy atom. The summed E-state index contributed by atoms with van der Waals surface area (Å²) in [4.78, 5) is 2.38. The number of hydrogen-bond donors (Lipinski definition) is 1. The minimum absolute atomic E-state index is 0.127. The van der Waals surface area contributed by atoms with Gasteiger partial charge < -0.3 is 5.11 Å². The third-order valence-electron chi connectivity index (χ3n) is 3.66. The van der Waals surface area contributed by atoms with Crippen LogP contribution in [-0.4, -0.2) is 37.3 Å². The van der Waals surface area contributed by atoms with Crippen LogP contribution in [0, 0.1) is 11.5 Å². The minimum Gasteiger partial charge on any atom is -0.395 e. The average molecular weight is 287 g/mol. The van der Waals surface area contributed by atoms with Crippen molar-refractivity contribution in [1.82, 2.24) is 4.90 Å². The molecule has 2 rings (SSSR count). The van der Waals surface area contributed by atoms with E-state index in [0.29, 0.717) is 0 Å². The predicted molar refractivity (Wildman–Crippen MR) is 87.1 cm³/mol. The summed E-state index contributed by atoms with van der Waals surface area (Å²) >= 11 is 0. The van der Waals surface area contributed by atoms with Crippen molar-refractivity contribution in [2.45, 2.75) is 44.6 Å². The molecule has 0 radical (unpaired) electrons. The van der Waals surface area contributed by atoms with Crippen LogP contribution in [-0.2, 0) is 0 Å². The standard InChI is InChI=1S/C17H25NOSi/c1-20(2,3)13-11-17(15-8-5-4-6-9-15)18-12-7-10-16(18)14-19/h4-6,8-9,16-17,19H,7,10,12,14H2,1-3H3/t16-,17+/m0/s1. The molecule has 2 nitrogen and oxygen atoms in total. The highest BCUT2D eigenvalue weighted by Crippen LogP contribution is 2.29. The molecule has 1 saturated heterocycles. The second kappa shape index (κ2) is 6.58. The summed E-state index contributed by atoms with van der Waals surface area (Å²) < 4.78 is 0. The van der Waals surface area contributed by atoms with Gasteiger partial charge in [0.25, 0.3) is 0 Å². The topological polar surface area (TPSA) is 23.5 Å². The fourth-order valence-corrected chi connectivity index (χ4v) is 3.24. The first-order valence-corrected chi connectivity index (χ1v) is 11.0. The summed E-state index contributed by atoms with van der Waals surface area (Å²) in [6.07, 6.45) is 2.23. The Balaban J connectivity index is 2.31. The molecule has 1 aromatic rings. The maximum absolute atomic E-state index is 9.58. The fourth-order valence-electron chi connectivity index (χ4n) is 2.67. The summed E-state index contributed by atoms with van der Waals surface area (Å²) in [5, 5.41) is 9.58. The molecule has 0 bridgehead atoms. The second-order valence-corrected chi connectivity index (χ2v) is 11.3. The molecule has 0 saturated carbocycles. The Kier molecular flexibility index (Phi) is 5.04. The van der Waals surface area contributed by atoms with Crippen LogP contribution >= 0.6 is 0 Å². The molecule has 0 spiro atoms. The predicted octanol–water partition coefficient (Wildman–Crippen LogP) is 3.07. The number of aliphatic hydroxyl groups is 1. The molecule has 108 valence electrons. The maximum atomic E-state index is 9.58. The van der Waals surface area contributed by atoms with Crippen LogP contribution in [0.4, 0.5) is 0 Å². The van der Waals surface area contributed by atoms with Crippen molar-refractivity contribution in [2.75, 3.05) is 13.2 Å². The SMILES string of the molecule is C[Si](C)(C)C#C[C@H](c1ccccc1)N1CCC[C@H]1CO. The first-order valence-electron chi connectivity index (χ1n) is 7.45. The highest BCUT2D eigenvalue weighted by atomic mass is 28.3. The van der Waals surface area contributed by atoms with Crippen molar-refractivity contribution in [3.63, 3.8) is 0 Å². The van der Waals surface area contributed by atoms with E-state index in [1.807, 2.05) is 6.07 Å². The quantitative estimate of drug-likeness (QED) is 0.682. The largest absolute Gasteiger partial charge is 0.395 e. The number of aliphatic hydroxyl groups excluding tert-OH is 1. The smallest absolute Gasteiger partial charge is 0.129 e. The molecular formula is C17H25NOSi. The first-order chi connectivity index (χ1) is 9.51. The lowest BCUT2D eigenvalue weighted by molar-refractivity contribution is 0.140. The molecule has 20 heavy (non-hydrogen) atoms. The van der Waals surface area contributed by atoms with Crippen molar-refractivity contribution in [2.24, 2.45) is 0 Å². The third-order valence-corrected chi connectivity index (χ3v) is 4.56. The molecule has 0 aromatic heterocycles. The van der Waals surface area contributed by atoms with Crippen molar-refractivity contribution < 1.29 is 5.11 Å². The van der Waals surface area contributed by atoms with E-state index in [-0.39, 0.29) is 18.7 Å². The van der Waals surface area contributed by atoms with Gasteiger partial charge in [-0.3, -0.25) is 4.90 Å². The Hall–Kier alpha value is -1.08. The van der Waals surface area contributed by atoms with Gasteiger partial charge in [-0.1, -0.05) is 55.9 Å². The van der Waals surface area contributed by atoms with E-state index in [9.17, 15) is 5.11 Å². The Bertz CT molecular complexity index is 483. The molecule has 1 fully saturated rings. The molecule has 1 aliphatic heterocycles. The number of hydrogen-bond acceptors (Lipinski definition) is 2. The molecule has 1 heterocycles. The Morgan fingerprint density at radius 3 is 2.60 bits per heavy atom. The van der Waals surface area contributed by atoms with E-state index in [1.165, 1.54) is 5.56 Å². The van der Waals surface area contributed by atoms with Crippen molar-refractivity contribution >= 4 is 8.07 Å². The van der Waals surface area contributed by atoms with E-state index in [2.05, 4.69) is 60.3 Å². The molecule has 3 heteroatoms. The van der Waals surface area contributed by atoms with Gasteiger partial charge in [0.15, 0.2) is 0 Å². The highest BCUT2D eigenvalue weighted by molar-refractivity contribution is 6.83. The lowest BCUT2D eigenvalue weighted by Crippen LogP contribution is -2.35. The molecular weight excluding hydrogens is 262 g/mol. The van der Waals surface area contributed by atoms with Crippen LogP contribution in [0.3, 0.4) is 0 Å². The van der Waals surface area contributed by atoms with Gasteiger partial charge >= 0.3 is 0 Å². The molecule has 1 N–H and O–H groups in total. The summed E-state index contributed by atoms with van der Waals surface area (Å²) in [6.45, 7) is 8.09. The normalized spacial score (nSPS) is 21.3. The van der Waals surface area contributed by atoms with E-state index in [0.717, 1.165) is 19.4 Å². The molecule has 1 aliphatic rings. The summed E-state index contributed by atoms with van der Waals surface area (Å²) in [5.41, 5.74) is 4.76. The van der Waals surface area contributed by atoms with Crippen molar-refractivity contribution in [3.8, 4) is 11.5 Å². The van der Waals surface area contributed by atoms with E-state index >= 15 is 0 Å². The van der Waals surface area contributed by atoms with Gasteiger partial charge in [0, 0.05) is 12.6 Å². The van der Waals surface area contributed by atoms with Crippen LogP contribution in [0.1, 0.15) is 24.4 Å². The van der Waals surface area contributed by atoms with Crippen LogP contribution in [0.2, 0.25) is 19.6 Å². The van der Waals surface area contributed by atoms with Crippen molar-refractivity contribution in [3.05, 3.63) is 35.9 Å². The molecule has 0 unspecified atom stereocenters. The molecule has 2 atom stereocenters. The molecule has 1 aromatic carbocycles. The summed E-state index contributed by atoms with van der Waals surface area (Å²) in [5.74, 6) is 3.51. The van der Waals surface area contributed by atoms with Gasteiger partial charge in [0.05, 0.1) is 12.6 Å². The van der Waals surface area contributed by atoms with Gasteiger partial charge in [-0.05, 0) is 18.4 Å². The zero-order valence-corrected chi connectivity index (χ0v) is 13.8. The first kappa shape index (κ1) is 15.3. The summed E-state index contributed by atoms with van der Waals surface area (Å²) in [7, 11) is -1.39. The van der Waals surface area contributed by atoms with Crippen molar-refractivity contribution in [1.29, 1.82) is 0 Å².